The van der Waals surface area contributed by atoms with E-state index in [0.717, 1.165) is 0 Å². The molecular formula is C12H13N3O4. The zero-order valence-electron chi connectivity index (χ0n) is 10.3. The number of rotatable bonds is 3. The minimum absolute atomic E-state index is 0.00896. The number of nitrogens with zero attached hydrogens (tertiary/aromatic N) is 2. The smallest absolute Gasteiger partial charge is 0.335 e. The van der Waals surface area contributed by atoms with Gasteiger partial charge in [0.15, 0.2) is 0 Å². The van der Waals surface area contributed by atoms with Crippen molar-refractivity contribution in [2.45, 2.75) is 13.3 Å². The first-order chi connectivity index (χ1) is 8.99. The number of carbonyl (C=O) groups is 3. The van der Waals surface area contributed by atoms with E-state index in [4.69, 9.17) is 5.11 Å². The predicted molar refractivity (Wildman–Crippen MR) is 65.9 cm³/mol. The summed E-state index contributed by atoms with van der Waals surface area (Å²) < 4.78 is 0. The highest BCUT2D eigenvalue weighted by molar-refractivity contribution is 6.02. The number of pyridine rings is 1. The van der Waals surface area contributed by atoms with Gasteiger partial charge in [0.25, 0.3) is 0 Å². The minimum atomic E-state index is -1.06. The zero-order chi connectivity index (χ0) is 14.0. The molecule has 0 atom stereocenters. The summed E-state index contributed by atoms with van der Waals surface area (Å²) in [5, 5.41) is 11.2. The first-order valence-corrected chi connectivity index (χ1v) is 5.81. The summed E-state index contributed by atoms with van der Waals surface area (Å²) in [6, 6.07) is 2.85. The van der Waals surface area contributed by atoms with Gasteiger partial charge in [0, 0.05) is 5.69 Å². The van der Waals surface area contributed by atoms with E-state index in [2.05, 4.69) is 10.3 Å². The van der Waals surface area contributed by atoms with Gasteiger partial charge in [-0.2, -0.15) is 0 Å². The average Bonchev–Trinajstić information content (AvgIpc) is 2.37. The molecule has 0 bridgehead atoms. The first-order valence-electron chi connectivity index (χ1n) is 5.81. The molecule has 100 valence electrons. The van der Waals surface area contributed by atoms with E-state index in [9.17, 15) is 14.4 Å². The Morgan fingerprint density at radius 2 is 2.00 bits per heavy atom. The van der Waals surface area contributed by atoms with Gasteiger partial charge in [0.2, 0.25) is 11.8 Å². The van der Waals surface area contributed by atoms with Crippen molar-refractivity contribution in [3.05, 3.63) is 23.4 Å². The summed E-state index contributed by atoms with van der Waals surface area (Å²) in [6.45, 7) is 1.84. The van der Waals surface area contributed by atoms with Crippen molar-refractivity contribution in [3.63, 3.8) is 0 Å². The molecule has 1 fully saturated rings. The number of anilines is 1. The molecule has 2 amide bonds. The minimum Gasteiger partial charge on any atom is -0.478 e. The predicted octanol–water partition coefficient (Wildman–Crippen LogP) is -0.195. The third-order valence-corrected chi connectivity index (χ3v) is 2.75. The van der Waals surface area contributed by atoms with Crippen molar-refractivity contribution in [2.24, 2.45) is 0 Å². The second-order valence-corrected chi connectivity index (χ2v) is 4.19. The van der Waals surface area contributed by atoms with Crippen LogP contribution in [0, 0.1) is 0 Å². The molecule has 2 rings (SSSR count). The summed E-state index contributed by atoms with van der Waals surface area (Å²) in [5.74, 6) is -1.57. The van der Waals surface area contributed by atoms with Gasteiger partial charge in [0.05, 0.1) is 18.7 Å². The van der Waals surface area contributed by atoms with Gasteiger partial charge in [-0.05, 0) is 18.6 Å². The molecule has 2 heterocycles. The molecule has 0 unspecified atom stereocenters. The summed E-state index contributed by atoms with van der Waals surface area (Å²) in [4.78, 5) is 39.4. The number of nitrogens with one attached hydrogen (secondary N) is 1. The molecule has 7 nitrogen and oxygen atoms in total. The van der Waals surface area contributed by atoms with Gasteiger partial charge in [-0.3, -0.25) is 14.9 Å². The van der Waals surface area contributed by atoms with Crippen LogP contribution in [-0.4, -0.2) is 41.0 Å². The lowest BCUT2D eigenvalue weighted by Gasteiger charge is -2.26. The lowest BCUT2D eigenvalue weighted by molar-refractivity contribution is -0.130. The third kappa shape index (κ3) is 2.87. The Kier molecular flexibility index (Phi) is 3.46. The molecule has 1 aliphatic rings. The molecule has 19 heavy (non-hydrogen) atoms. The van der Waals surface area contributed by atoms with Gasteiger partial charge in [0.1, 0.15) is 5.82 Å². The summed E-state index contributed by atoms with van der Waals surface area (Å²) in [5.41, 5.74) is 0.702. The fourth-order valence-corrected chi connectivity index (χ4v) is 1.84. The molecule has 1 aromatic heterocycles. The molecule has 0 radical (unpaired) electrons. The lowest BCUT2D eigenvalue weighted by atomic mass is 10.2. The number of amides is 2. The Morgan fingerprint density at radius 3 is 2.53 bits per heavy atom. The van der Waals surface area contributed by atoms with Gasteiger partial charge < -0.3 is 10.0 Å². The Morgan fingerprint density at radius 1 is 1.37 bits per heavy atom. The van der Waals surface area contributed by atoms with Gasteiger partial charge in [-0.15, -0.1) is 0 Å². The van der Waals surface area contributed by atoms with Crippen molar-refractivity contribution >= 4 is 23.6 Å². The number of aromatic nitrogens is 1. The monoisotopic (exact) mass is 263 g/mol. The van der Waals surface area contributed by atoms with Crippen molar-refractivity contribution < 1.29 is 19.5 Å². The number of imide groups is 1. The zero-order valence-corrected chi connectivity index (χ0v) is 10.3. The van der Waals surface area contributed by atoms with E-state index >= 15 is 0 Å². The molecule has 0 saturated carbocycles. The number of carboxylic acid groups (broad SMARTS) is 1. The maximum absolute atomic E-state index is 11.3. The Hall–Kier alpha value is -2.44. The van der Waals surface area contributed by atoms with Crippen molar-refractivity contribution in [1.82, 2.24) is 10.3 Å². The van der Waals surface area contributed by atoms with E-state index < -0.39 is 17.8 Å². The van der Waals surface area contributed by atoms with Crippen LogP contribution in [0.15, 0.2) is 12.1 Å². The van der Waals surface area contributed by atoms with E-state index in [0.29, 0.717) is 17.9 Å². The molecule has 0 aromatic carbocycles. The lowest BCUT2D eigenvalue weighted by Crippen LogP contribution is -2.51. The van der Waals surface area contributed by atoms with Crippen LogP contribution in [0.3, 0.4) is 0 Å². The van der Waals surface area contributed by atoms with Crippen molar-refractivity contribution in [2.75, 3.05) is 18.0 Å². The van der Waals surface area contributed by atoms with Crippen LogP contribution in [0.4, 0.5) is 5.82 Å². The Balaban J connectivity index is 2.37. The highest BCUT2D eigenvalue weighted by atomic mass is 16.4. The molecule has 1 aliphatic heterocycles. The number of carbonyl (C=O) groups excluding carboxylic acids is 2. The summed E-state index contributed by atoms with van der Waals surface area (Å²) in [7, 11) is 0. The third-order valence-electron chi connectivity index (χ3n) is 2.75. The SMILES string of the molecule is CCc1cc(C(=O)O)cc(N2CC(=O)NC(=O)C2)n1. The maximum atomic E-state index is 11.3. The number of carboxylic acids is 1. The van der Waals surface area contributed by atoms with Crippen LogP contribution < -0.4 is 10.2 Å². The second-order valence-electron chi connectivity index (χ2n) is 4.19. The topological polar surface area (TPSA) is 99.6 Å². The number of hydrogen-bond donors (Lipinski definition) is 2. The van der Waals surface area contributed by atoms with Crippen molar-refractivity contribution in [3.8, 4) is 0 Å². The number of piperazine rings is 1. The summed E-state index contributed by atoms with van der Waals surface area (Å²) in [6.07, 6.45) is 0.572. The van der Waals surface area contributed by atoms with Crippen LogP contribution in [0.2, 0.25) is 0 Å². The van der Waals surface area contributed by atoms with Gasteiger partial charge in [-0.1, -0.05) is 6.92 Å². The Bertz CT molecular complexity index is 540. The molecule has 0 aliphatic carbocycles. The van der Waals surface area contributed by atoms with Crippen LogP contribution in [0.5, 0.6) is 0 Å². The second kappa shape index (κ2) is 5.05. The number of aromatic carboxylic acids is 1. The molecule has 1 saturated heterocycles. The van der Waals surface area contributed by atoms with Crippen LogP contribution in [-0.2, 0) is 16.0 Å². The molecule has 2 N–H and O–H groups in total. The van der Waals surface area contributed by atoms with Crippen LogP contribution in [0.25, 0.3) is 0 Å². The highest BCUT2D eigenvalue weighted by Gasteiger charge is 2.24. The molecule has 7 heteroatoms. The normalized spacial score (nSPS) is 15.3. The fraction of sp³-hybridized carbons (Fsp3) is 0.333. The molecule has 0 spiro atoms. The molecule has 1 aromatic rings. The molecular weight excluding hydrogens is 250 g/mol. The van der Waals surface area contributed by atoms with E-state index in [1.807, 2.05) is 6.92 Å². The first kappa shape index (κ1) is 13.0. The van der Waals surface area contributed by atoms with E-state index in [-0.39, 0.29) is 18.7 Å². The van der Waals surface area contributed by atoms with E-state index in [1.165, 1.54) is 17.0 Å². The Labute approximate surface area is 109 Å². The standard InChI is InChI=1S/C12H13N3O4/c1-2-8-3-7(12(18)19)4-9(13-8)15-5-10(16)14-11(17)6-15/h3-4H,2,5-6H2,1H3,(H,18,19)(H,14,16,17). The van der Waals surface area contributed by atoms with Gasteiger partial charge >= 0.3 is 5.97 Å². The fourth-order valence-electron chi connectivity index (χ4n) is 1.84. The maximum Gasteiger partial charge on any atom is 0.335 e. The van der Waals surface area contributed by atoms with Gasteiger partial charge in [-0.25, -0.2) is 9.78 Å². The quantitative estimate of drug-likeness (QED) is 0.733. The highest BCUT2D eigenvalue weighted by Crippen LogP contribution is 2.16. The number of aryl methyl sites for hydroxylation is 1. The van der Waals surface area contributed by atoms with Crippen LogP contribution in [0.1, 0.15) is 23.0 Å². The van der Waals surface area contributed by atoms with Crippen LogP contribution >= 0.6 is 0 Å². The number of hydrogen-bond acceptors (Lipinski definition) is 5. The average molecular weight is 263 g/mol. The van der Waals surface area contributed by atoms with E-state index in [1.54, 1.807) is 0 Å². The van der Waals surface area contributed by atoms with Crippen molar-refractivity contribution in [1.29, 1.82) is 0 Å². The largest absolute Gasteiger partial charge is 0.478 e. The summed E-state index contributed by atoms with van der Waals surface area (Å²) >= 11 is 0.